The molecule has 1 N–H and O–H groups in total. The molecule has 0 bridgehead atoms. The van der Waals surface area contributed by atoms with Crippen molar-refractivity contribution in [3.05, 3.63) is 78.6 Å². The van der Waals surface area contributed by atoms with Gasteiger partial charge in [0, 0.05) is 49.4 Å². The number of rotatable bonds is 6. The average molecular weight is 481 g/mol. The number of aliphatic imine (C=N–C) groups is 1. The Morgan fingerprint density at radius 3 is 1.89 bits per heavy atom. The highest BCUT2D eigenvalue weighted by molar-refractivity contribution is 6.01. The summed E-state index contributed by atoms with van der Waals surface area (Å²) in [5.41, 5.74) is 5.03. The lowest BCUT2D eigenvalue weighted by Gasteiger charge is -2.43. The van der Waals surface area contributed by atoms with Gasteiger partial charge in [-0.3, -0.25) is 14.8 Å². The first kappa shape index (κ1) is 22.9. The third kappa shape index (κ3) is 4.30. The summed E-state index contributed by atoms with van der Waals surface area (Å²) in [6.07, 6.45) is 5.02. The van der Waals surface area contributed by atoms with Crippen LogP contribution in [-0.4, -0.2) is 63.0 Å². The van der Waals surface area contributed by atoms with Crippen LogP contribution >= 0.6 is 0 Å². The highest BCUT2D eigenvalue weighted by Gasteiger charge is 2.45. The lowest BCUT2D eigenvalue weighted by atomic mass is 9.97. The average Bonchev–Trinajstić information content (AvgIpc) is 3.70. The van der Waals surface area contributed by atoms with Crippen LogP contribution in [0.5, 0.6) is 0 Å². The van der Waals surface area contributed by atoms with E-state index in [4.69, 9.17) is 4.99 Å². The van der Waals surface area contributed by atoms with Crippen molar-refractivity contribution in [2.24, 2.45) is 16.8 Å². The van der Waals surface area contributed by atoms with E-state index in [0.717, 1.165) is 54.0 Å². The minimum absolute atomic E-state index is 0.268. The number of benzene rings is 2. The molecule has 1 saturated carbocycles. The van der Waals surface area contributed by atoms with Crippen molar-refractivity contribution in [1.29, 1.82) is 0 Å². The van der Waals surface area contributed by atoms with Crippen LogP contribution in [0.2, 0.25) is 0 Å². The molecule has 3 aliphatic rings. The molecule has 2 fully saturated rings. The van der Waals surface area contributed by atoms with Crippen LogP contribution in [0.15, 0.2) is 78.0 Å². The first-order valence-electron chi connectivity index (χ1n) is 12.8. The highest BCUT2D eigenvalue weighted by Crippen LogP contribution is 2.35. The van der Waals surface area contributed by atoms with Crippen LogP contribution in [0, 0.1) is 11.8 Å². The van der Waals surface area contributed by atoms with Crippen molar-refractivity contribution in [3.63, 3.8) is 0 Å². The van der Waals surface area contributed by atoms with Crippen molar-refractivity contribution >= 4 is 11.7 Å². The number of aliphatic hydroxyl groups excluding tert-OH is 1. The molecule has 1 aliphatic carbocycles. The predicted molar refractivity (Wildman–Crippen MR) is 141 cm³/mol. The van der Waals surface area contributed by atoms with Gasteiger partial charge in [-0.05, 0) is 61.1 Å². The Kier molecular flexibility index (Phi) is 5.64. The monoisotopic (exact) mass is 480 g/mol. The van der Waals surface area contributed by atoms with E-state index in [1.165, 1.54) is 5.56 Å². The number of aromatic nitrogens is 1. The van der Waals surface area contributed by atoms with Crippen LogP contribution in [0.1, 0.15) is 32.3 Å². The van der Waals surface area contributed by atoms with Crippen molar-refractivity contribution < 1.29 is 9.90 Å². The zero-order chi connectivity index (χ0) is 24.9. The maximum Gasteiger partial charge on any atom is 0.225 e. The van der Waals surface area contributed by atoms with E-state index in [1.807, 2.05) is 48.2 Å². The summed E-state index contributed by atoms with van der Waals surface area (Å²) < 4.78 is 0. The van der Waals surface area contributed by atoms with Gasteiger partial charge in [-0.15, -0.1) is 0 Å². The Labute approximate surface area is 212 Å². The molecule has 1 atom stereocenters. The third-order valence-electron chi connectivity index (χ3n) is 7.62. The third-order valence-corrected chi connectivity index (χ3v) is 7.62. The van der Waals surface area contributed by atoms with Crippen molar-refractivity contribution in [2.75, 3.05) is 19.6 Å². The molecule has 2 aromatic carbocycles. The van der Waals surface area contributed by atoms with Gasteiger partial charge in [0.05, 0.1) is 0 Å². The molecule has 2 aliphatic heterocycles. The molecule has 6 nitrogen and oxygen atoms in total. The van der Waals surface area contributed by atoms with Crippen LogP contribution in [-0.2, 0) is 4.79 Å². The fourth-order valence-electron chi connectivity index (χ4n) is 5.25. The number of amidine groups is 1. The van der Waals surface area contributed by atoms with Crippen LogP contribution < -0.4 is 0 Å². The predicted octanol–water partition coefficient (Wildman–Crippen LogP) is 4.44. The molecule has 184 valence electrons. The van der Waals surface area contributed by atoms with Crippen LogP contribution in [0.3, 0.4) is 0 Å². The number of hydrogen-bond donors (Lipinski definition) is 1. The molecule has 1 aromatic heterocycles. The second-order valence-electron chi connectivity index (χ2n) is 10.9. The number of hydrogen-bond acceptors (Lipinski definition) is 5. The second kappa shape index (κ2) is 8.86. The van der Waals surface area contributed by atoms with E-state index in [0.29, 0.717) is 18.4 Å². The molecule has 6 heteroatoms. The summed E-state index contributed by atoms with van der Waals surface area (Å²) in [7, 11) is 0. The molecule has 36 heavy (non-hydrogen) atoms. The Bertz CT molecular complexity index is 1270. The van der Waals surface area contributed by atoms with E-state index >= 15 is 0 Å². The van der Waals surface area contributed by atoms with E-state index in [-0.39, 0.29) is 5.92 Å². The van der Waals surface area contributed by atoms with Crippen molar-refractivity contribution in [2.45, 2.75) is 38.5 Å². The minimum Gasteiger partial charge on any atom is -0.371 e. The molecule has 0 radical (unpaired) electrons. The van der Waals surface area contributed by atoms with Gasteiger partial charge in [-0.1, -0.05) is 48.5 Å². The molecule has 1 unspecified atom stereocenters. The van der Waals surface area contributed by atoms with Crippen molar-refractivity contribution in [1.82, 2.24) is 14.8 Å². The summed E-state index contributed by atoms with van der Waals surface area (Å²) >= 11 is 0. The first-order valence-corrected chi connectivity index (χ1v) is 12.8. The van der Waals surface area contributed by atoms with Crippen LogP contribution in [0.25, 0.3) is 22.3 Å². The maximum atomic E-state index is 12.3. The van der Waals surface area contributed by atoms with Gasteiger partial charge in [0.15, 0.2) is 6.23 Å². The highest BCUT2D eigenvalue weighted by atomic mass is 16.3. The minimum atomic E-state index is -0.680. The Morgan fingerprint density at radius 2 is 1.36 bits per heavy atom. The maximum absolute atomic E-state index is 12.3. The number of carbonyl (C=O) groups excluding carboxylic acids is 1. The second-order valence-corrected chi connectivity index (χ2v) is 10.9. The van der Waals surface area contributed by atoms with Gasteiger partial charge in [-0.2, -0.15) is 0 Å². The fourth-order valence-corrected chi connectivity index (χ4v) is 5.25. The molecule has 0 spiro atoms. The van der Waals surface area contributed by atoms with Crippen LogP contribution in [0.4, 0.5) is 0 Å². The lowest BCUT2D eigenvalue weighted by Crippen LogP contribution is -2.56. The van der Waals surface area contributed by atoms with Gasteiger partial charge in [-0.25, -0.2) is 0 Å². The normalized spacial score (nSPS) is 21.3. The smallest absolute Gasteiger partial charge is 0.225 e. The summed E-state index contributed by atoms with van der Waals surface area (Å²) in [6.45, 7) is 6.21. The zero-order valence-electron chi connectivity index (χ0n) is 20.8. The van der Waals surface area contributed by atoms with Crippen molar-refractivity contribution in [3.8, 4) is 22.3 Å². The molecular formula is C30H32N4O2. The molecule has 1 amide bonds. The van der Waals surface area contributed by atoms with Gasteiger partial charge < -0.3 is 14.9 Å². The topological polar surface area (TPSA) is 69.0 Å². The molecule has 3 heterocycles. The Morgan fingerprint density at radius 1 is 0.861 bits per heavy atom. The van der Waals surface area contributed by atoms with Gasteiger partial charge in [0.25, 0.3) is 0 Å². The Balaban J connectivity index is 1.17. The molecule has 1 saturated heterocycles. The summed E-state index contributed by atoms with van der Waals surface area (Å²) in [5.74, 6) is 1.77. The Hall–Kier alpha value is -3.51. The van der Waals surface area contributed by atoms with Gasteiger partial charge in [0.1, 0.15) is 11.4 Å². The number of likely N-dealkylation sites (tertiary alicyclic amines) is 1. The zero-order valence-corrected chi connectivity index (χ0v) is 20.8. The van der Waals surface area contributed by atoms with E-state index in [9.17, 15) is 9.90 Å². The number of aliphatic hydroxyl groups is 1. The fraction of sp³-hybridized carbons (Fsp3) is 0.367. The largest absolute Gasteiger partial charge is 0.371 e. The summed E-state index contributed by atoms with van der Waals surface area (Å²) in [5, 5.41) is 11.1. The van der Waals surface area contributed by atoms with E-state index in [1.54, 1.807) is 0 Å². The number of pyridine rings is 1. The van der Waals surface area contributed by atoms with Gasteiger partial charge >= 0.3 is 0 Å². The number of amides is 1. The summed E-state index contributed by atoms with van der Waals surface area (Å²) in [6, 6.07) is 21.0. The summed E-state index contributed by atoms with van der Waals surface area (Å²) in [4.78, 5) is 25.3. The van der Waals surface area contributed by atoms with E-state index in [2.05, 4.69) is 53.5 Å². The molecule has 3 aromatic rings. The SMILES string of the molecule is CC1(C)N=C(c2ccc(-c3ccc(-c4ccncc4)cc3)cc2)N(CC2CN(C(=O)C3CC3)C2)C1O. The quantitative estimate of drug-likeness (QED) is 0.566. The molecule has 6 rings (SSSR count). The first-order chi connectivity index (χ1) is 17.4. The number of nitrogens with zero attached hydrogens (tertiary/aromatic N) is 4. The molecular weight excluding hydrogens is 448 g/mol. The lowest BCUT2D eigenvalue weighted by molar-refractivity contribution is -0.139. The van der Waals surface area contributed by atoms with E-state index < -0.39 is 11.8 Å². The van der Waals surface area contributed by atoms with Gasteiger partial charge in [0.2, 0.25) is 5.91 Å². The number of carbonyl (C=O) groups is 1. The standard InChI is InChI=1S/C30H32N4O2/c1-30(2)29(36)34(19-20-17-33(18-20)28(35)26-11-12-26)27(32-30)25-9-7-22(8-10-25)21-3-5-23(6-4-21)24-13-15-31-16-14-24/h3-10,13-16,20,26,29,36H,11-12,17-19H2,1-2H3.